The minimum atomic E-state index is -0.390. The maximum absolute atomic E-state index is 12.9. The molecule has 0 spiro atoms. The fraction of sp³-hybridized carbons (Fsp3) is 0.0435. The van der Waals surface area contributed by atoms with E-state index in [-0.39, 0.29) is 11.5 Å². The number of hydrogen-bond acceptors (Lipinski definition) is 3. The molecule has 31 heavy (non-hydrogen) atoms. The van der Waals surface area contributed by atoms with Gasteiger partial charge in [-0.05, 0) is 65.5 Å². The van der Waals surface area contributed by atoms with Gasteiger partial charge in [0.05, 0.1) is 16.1 Å². The van der Waals surface area contributed by atoms with Crippen LogP contribution in [0.15, 0.2) is 66.7 Å². The molecule has 0 atom stereocenters. The Morgan fingerprint density at radius 1 is 0.839 bits per heavy atom. The highest BCUT2D eigenvalue weighted by Crippen LogP contribution is 2.29. The summed E-state index contributed by atoms with van der Waals surface area (Å²) < 4.78 is 1.03. The van der Waals surface area contributed by atoms with Crippen LogP contribution in [0.4, 0.5) is 11.4 Å². The average molecular weight is 534 g/mol. The summed E-state index contributed by atoms with van der Waals surface area (Å²) in [4.78, 5) is 26.3. The molecule has 0 bridgehead atoms. The van der Waals surface area contributed by atoms with Crippen molar-refractivity contribution in [1.29, 1.82) is 0 Å². The van der Waals surface area contributed by atoms with Crippen LogP contribution >= 0.6 is 50.5 Å². The Morgan fingerprint density at radius 2 is 1.58 bits per heavy atom. The molecule has 1 heterocycles. The predicted molar refractivity (Wildman–Crippen MR) is 133 cm³/mol. The van der Waals surface area contributed by atoms with Gasteiger partial charge in [0, 0.05) is 25.8 Å². The molecular formula is C23H15BrCl2N2O2S. The van der Waals surface area contributed by atoms with E-state index in [0.29, 0.717) is 26.3 Å². The average Bonchev–Trinajstić information content (AvgIpc) is 3.20. The van der Waals surface area contributed by atoms with Crippen molar-refractivity contribution in [3.63, 3.8) is 0 Å². The van der Waals surface area contributed by atoms with Crippen molar-refractivity contribution in [2.24, 2.45) is 0 Å². The highest BCUT2D eigenvalue weighted by Gasteiger charge is 2.17. The van der Waals surface area contributed by atoms with Crippen molar-refractivity contribution < 1.29 is 9.59 Å². The summed E-state index contributed by atoms with van der Waals surface area (Å²) in [6.45, 7) is 0. The monoisotopic (exact) mass is 532 g/mol. The number of halogens is 3. The van der Waals surface area contributed by atoms with E-state index in [1.807, 2.05) is 18.2 Å². The van der Waals surface area contributed by atoms with Crippen molar-refractivity contribution in [1.82, 2.24) is 0 Å². The van der Waals surface area contributed by atoms with Crippen molar-refractivity contribution in [2.75, 3.05) is 10.6 Å². The van der Waals surface area contributed by atoms with Gasteiger partial charge in [-0.1, -0.05) is 51.3 Å². The SMILES string of the molecule is O=C(Nc1ccc(Cl)cc1C(=O)Nc1ccc(Cl)cc1)c1cc2ccc(CBr)cc2s1. The van der Waals surface area contributed by atoms with Crippen LogP contribution in [-0.2, 0) is 5.33 Å². The summed E-state index contributed by atoms with van der Waals surface area (Å²) >= 11 is 16.9. The summed E-state index contributed by atoms with van der Waals surface area (Å²) in [5.41, 5.74) is 2.36. The molecule has 0 aliphatic rings. The van der Waals surface area contributed by atoms with Gasteiger partial charge in [0.2, 0.25) is 0 Å². The number of nitrogens with one attached hydrogen (secondary N) is 2. The molecule has 2 N–H and O–H groups in total. The van der Waals surface area contributed by atoms with Crippen LogP contribution in [0.5, 0.6) is 0 Å². The van der Waals surface area contributed by atoms with E-state index in [2.05, 4.69) is 32.6 Å². The maximum Gasteiger partial charge on any atom is 0.265 e. The van der Waals surface area contributed by atoms with Gasteiger partial charge < -0.3 is 10.6 Å². The second-order valence-electron chi connectivity index (χ2n) is 6.72. The number of benzene rings is 3. The quantitative estimate of drug-likeness (QED) is 0.259. The zero-order valence-corrected chi connectivity index (χ0v) is 19.8. The van der Waals surface area contributed by atoms with E-state index in [9.17, 15) is 9.59 Å². The Bertz CT molecular complexity index is 1290. The largest absolute Gasteiger partial charge is 0.322 e. The highest BCUT2D eigenvalue weighted by atomic mass is 79.9. The molecule has 0 unspecified atom stereocenters. The zero-order valence-electron chi connectivity index (χ0n) is 15.9. The smallest absolute Gasteiger partial charge is 0.265 e. The number of amides is 2. The summed E-state index contributed by atoms with van der Waals surface area (Å²) in [6.07, 6.45) is 0. The molecular weight excluding hydrogens is 519 g/mol. The van der Waals surface area contributed by atoms with E-state index in [4.69, 9.17) is 23.2 Å². The van der Waals surface area contributed by atoms with Gasteiger partial charge in [0.25, 0.3) is 11.8 Å². The molecule has 4 nitrogen and oxygen atoms in total. The molecule has 4 rings (SSSR count). The van der Waals surface area contributed by atoms with Gasteiger partial charge >= 0.3 is 0 Å². The van der Waals surface area contributed by atoms with Gasteiger partial charge in [-0.3, -0.25) is 9.59 Å². The van der Waals surface area contributed by atoms with E-state index in [1.54, 1.807) is 36.4 Å². The van der Waals surface area contributed by atoms with Crippen molar-refractivity contribution in [3.8, 4) is 0 Å². The third kappa shape index (κ3) is 5.10. The number of carbonyl (C=O) groups is 2. The lowest BCUT2D eigenvalue weighted by Crippen LogP contribution is -2.17. The molecule has 0 saturated carbocycles. The first-order valence-corrected chi connectivity index (χ1v) is 11.9. The number of fused-ring (bicyclic) bond motifs is 1. The number of rotatable bonds is 5. The van der Waals surface area contributed by atoms with Crippen LogP contribution in [0, 0.1) is 0 Å². The van der Waals surface area contributed by atoms with Crippen molar-refractivity contribution >= 4 is 83.7 Å². The number of hydrogen-bond donors (Lipinski definition) is 2. The molecule has 0 aliphatic heterocycles. The highest BCUT2D eigenvalue weighted by molar-refractivity contribution is 9.08. The first kappa shape index (κ1) is 21.8. The first-order chi connectivity index (χ1) is 14.9. The van der Waals surface area contributed by atoms with E-state index in [1.165, 1.54) is 17.4 Å². The summed E-state index contributed by atoms with van der Waals surface area (Å²) in [6, 6.07) is 19.4. The number of anilines is 2. The van der Waals surface area contributed by atoms with Gasteiger partial charge in [0.1, 0.15) is 0 Å². The van der Waals surface area contributed by atoms with Crippen LogP contribution in [0.1, 0.15) is 25.6 Å². The summed E-state index contributed by atoms with van der Waals surface area (Å²) in [7, 11) is 0. The molecule has 0 aliphatic carbocycles. The van der Waals surface area contributed by atoms with Crippen LogP contribution in [0.25, 0.3) is 10.1 Å². The zero-order chi connectivity index (χ0) is 22.0. The molecule has 4 aromatic rings. The Labute approximate surface area is 201 Å². The van der Waals surface area contributed by atoms with Crippen LogP contribution in [0.2, 0.25) is 10.0 Å². The Hall–Kier alpha value is -2.38. The predicted octanol–water partition coefficient (Wildman–Crippen LogP) is 7.61. The summed E-state index contributed by atoms with van der Waals surface area (Å²) in [5.74, 6) is -0.678. The second-order valence-corrected chi connectivity index (χ2v) is 9.24. The lowest BCUT2D eigenvalue weighted by atomic mass is 10.1. The van der Waals surface area contributed by atoms with E-state index >= 15 is 0 Å². The molecule has 0 saturated heterocycles. The van der Waals surface area contributed by atoms with Gasteiger partial charge in [-0.15, -0.1) is 11.3 Å². The van der Waals surface area contributed by atoms with Crippen LogP contribution in [-0.4, -0.2) is 11.8 Å². The fourth-order valence-electron chi connectivity index (χ4n) is 3.00. The first-order valence-electron chi connectivity index (χ1n) is 9.19. The Balaban J connectivity index is 1.59. The minimum absolute atomic E-state index is 0.262. The number of thiophene rings is 1. The molecule has 8 heteroatoms. The summed E-state index contributed by atoms with van der Waals surface area (Å²) in [5, 5.41) is 8.34. The van der Waals surface area contributed by atoms with E-state index in [0.717, 1.165) is 21.0 Å². The van der Waals surface area contributed by atoms with Crippen LogP contribution < -0.4 is 10.6 Å². The van der Waals surface area contributed by atoms with E-state index < -0.39 is 5.91 Å². The van der Waals surface area contributed by atoms with Crippen molar-refractivity contribution in [2.45, 2.75) is 5.33 Å². The second kappa shape index (κ2) is 9.40. The van der Waals surface area contributed by atoms with Crippen molar-refractivity contribution in [3.05, 3.63) is 92.8 Å². The van der Waals surface area contributed by atoms with Crippen LogP contribution in [0.3, 0.4) is 0 Å². The Kier molecular flexibility index (Phi) is 6.62. The molecule has 0 radical (unpaired) electrons. The number of carbonyl (C=O) groups excluding carboxylic acids is 2. The fourth-order valence-corrected chi connectivity index (χ4v) is 4.67. The molecule has 0 fully saturated rings. The van der Waals surface area contributed by atoms with Gasteiger partial charge in [-0.2, -0.15) is 0 Å². The molecule has 3 aromatic carbocycles. The molecule has 1 aromatic heterocycles. The van der Waals surface area contributed by atoms with Gasteiger partial charge in [-0.25, -0.2) is 0 Å². The third-order valence-corrected chi connectivity index (χ3v) is 6.77. The normalized spacial score (nSPS) is 10.8. The number of alkyl halides is 1. The molecule has 156 valence electrons. The Morgan fingerprint density at radius 3 is 2.32 bits per heavy atom. The van der Waals surface area contributed by atoms with Gasteiger partial charge in [0.15, 0.2) is 0 Å². The molecule has 2 amide bonds. The third-order valence-electron chi connectivity index (χ3n) is 4.54. The minimum Gasteiger partial charge on any atom is -0.322 e. The standard InChI is InChI=1S/C23H15BrCl2N2O2S/c24-12-13-1-2-14-10-21(31-20(14)9-13)23(30)28-19-8-5-16(26)11-18(19)22(29)27-17-6-3-15(25)4-7-17/h1-11H,12H2,(H,27,29)(H,28,30). The lowest BCUT2D eigenvalue weighted by molar-refractivity contribution is 0.102. The topological polar surface area (TPSA) is 58.2 Å². The maximum atomic E-state index is 12.9. The lowest BCUT2D eigenvalue weighted by Gasteiger charge is -2.12.